The van der Waals surface area contributed by atoms with Crippen molar-refractivity contribution in [1.82, 2.24) is 25.2 Å². The summed E-state index contributed by atoms with van der Waals surface area (Å²) >= 11 is 0. The molecule has 8 heteroatoms. The average Bonchev–Trinajstić information content (AvgIpc) is 3.35. The van der Waals surface area contributed by atoms with E-state index in [2.05, 4.69) is 20.3 Å². The highest BCUT2D eigenvalue weighted by Gasteiger charge is 2.32. The molecule has 0 saturated carbocycles. The van der Waals surface area contributed by atoms with Crippen molar-refractivity contribution in [1.29, 1.82) is 0 Å². The molecule has 25 heavy (non-hydrogen) atoms. The third kappa shape index (κ3) is 2.90. The molecule has 1 atom stereocenters. The largest absolute Gasteiger partial charge is 0.339 e. The van der Waals surface area contributed by atoms with Crippen molar-refractivity contribution in [2.45, 2.75) is 19.3 Å². The van der Waals surface area contributed by atoms with E-state index in [1.54, 1.807) is 24.0 Å². The van der Waals surface area contributed by atoms with E-state index in [1.807, 2.05) is 0 Å². The molecule has 1 N–H and O–H groups in total. The number of aromatic amines is 1. The zero-order chi connectivity index (χ0) is 17.4. The number of carbonyl (C=O) groups is 1. The van der Waals surface area contributed by atoms with Gasteiger partial charge in [0.05, 0.1) is 23.4 Å². The molecule has 0 radical (unpaired) electrons. The standard InChI is InChI=1S/C17H16FN5O2/c1-10-20-16(25-22-10)12-6-7-23(9-12)17(24)14-8-19-21-15(14)11-2-4-13(18)5-3-11/h2-5,8,12H,6-7,9H2,1H3,(H,19,21)/t12-/m1/s1. The van der Waals surface area contributed by atoms with Gasteiger partial charge in [-0.15, -0.1) is 0 Å². The van der Waals surface area contributed by atoms with Gasteiger partial charge in [-0.05, 0) is 37.6 Å². The highest BCUT2D eigenvalue weighted by atomic mass is 19.1. The van der Waals surface area contributed by atoms with Gasteiger partial charge in [0, 0.05) is 18.7 Å². The van der Waals surface area contributed by atoms with Gasteiger partial charge in [0.1, 0.15) is 5.82 Å². The summed E-state index contributed by atoms with van der Waals surface area (Å²) in [6.07, 6.45) is 2.28. The van der Waals surface area contributed by atoms with Crippen LogP contribution in [0.25, 0.3) is 11.3 Å². The first-order valence-electron chi connectivity index (χ1n) is 8.00. The maximum Gasteiger partial charge on any atom is 0.257 e. The summed E-state index contributed by atoms with van der Waals surface area (Å²) in [6, 6.07) is 5.95. The van der Waals surface area contributed by atoms with Crippen LogP contribution in [0.1, 0.15) is 34.4 Å². The van der Waals surface area contributed by atoms with Gasteiger partial charge >= 0.3 is 0 Å². The number of aromatic nitrogens is 4. The average molecular weight is 341 g/mol. The lowest BCUT2D eigenvalue weighted by Crippen LogP contribution is -2.28. The van der Waals surface area contributed by atoms with Crippen molar-refractivity contribution in [3.8, 4) is 11.3 Å². The van der Waals surface area contributed by atoms with E-state index in [0.29, 0.717) is 41.6 Å². The van der Waals surface area contributed by atoms with Crippen LogP contribution in [-0.4, -0.2) is 44.2 Å². The SMILES string of the molecule is Cc1noc([C@@H]2CCN(C(=O)c3cn[nH]c3-c3ccc(F)cc3)C2)n1. The highest BCUT2D eigenvalue weighted by molar-refractivity contribution is 5.99. The van der Waals surface area contributed by atoms with Crippen LogP contribution in [0, 0.1) is 12.7 Å². The second kappa shape index (κ2) is 6.12. The van der Waals surface area contributed by atoms with Gasteiger partial charge in [-0.3, -0.25) is 9.89 Å². The first kappa shape index (κ1) is 15.5. The molecule has 3 heterocycles. The monoisotopic (exact) mass is 341 g/mol. The third-order valence-electron chi connectivity index (χ3n) is 4.37. The number of benzene rings is 1. The number of aryl methyl sites for hydroxylation is 1. The summed E-state index contributed by atoms with van der Waals surface area (Å²) in [5.41, 5.74) is 1.77. The van der Waals surface area contributed by atoms with Crippen molar-refractivity contribution in [2.75, 3.05) is 13.1 Å². The Bertz CT molecular complexity index is 902. The Morgan fingerprint density at radius 1 is 1.36 bits per heavy atom. The number of likely N-dealkylation sites (tertiary alicyclic amines) is 1. The van der Waals surface area contributed by atoms with Crippen LogP contribution in [0.3, 0.4) is 0 Å². The highest BCUT2D eigenvalue weighted by Crippen LogP contribution is 2.29. The zero-order valence-corrected chi connectivity index (χ0v) is 13.6. The van der Waals surface area contributed by atoms with Gasteiger partial charge in [-0.2, -0.15) is 10.1 Å². The normalized spacial score (nSPS) is 17.2. The lowest BCUT2D eigenvalue weighted by Gasteiger charge is -2.15. The molecule has 4 rings (SSSR count). The van der Waals surface area contributed by atoms with Crippen molar-refractivity contribution in [3.05, 3.63) is 53.6 Å². The molecular weight excluding hydrogens is 325 g/mol. The minimum Gasteiger partial charge on any atom is -0.339 e. The van der Waals surface area contributed by atoms with E-state index >= 15 is 0 Å². The molecule has 7 nitrogen and oxygen atoms in total. The third-order valence-corrected chi connectivity index (χ3v) is 4.37. The molecule has 1 saturated heterocycles. The van der Waals surface area contributed by atoms with E-state index in [4.69, 9.17) is 4.52 Å². The van der Waals surface area contributed by atoms with Crippen LogP contribution in [0.4, 0.5) is 4.39 Å². The molecule has 1 aliphatic heterocycles. The molecule has 3 aromatic rings. The summed E-state index contributed by atoms with van der Waals surface area (Å²) in [5, 5.41) is 10.6. The van der Waals surface area contributed by atoms with Crippen LogP contribution >= 0.6 is 0 Å². The molecule has 1 amide bonds. The molecule has 1 aliphatic rings. The fraction of sp³-hybridized carbons (Fsp3) is 0.294. The van der Waals surface area contributed by atoms with Crippen LogP contribution in [0.5, 0.6) is 0 Å². The minimum absolute atomic E-state index is 0.0475. The van der Waals surface area contributed by atoms with Gasteiger partial charge in [-0.25, -0.2) is 4.39 Å². The first-order chi connectivity index (χ1) is 12.1. The Kier molecular flexibility index (Phi) is 3.79. The second-order valence-corrected chi connectivity index (χ2v) is 6.08. The van der Waals surface area contributed by atoms with E-state index < -0.39 is 0 Å². The number of nitrogens with one attached hydrogen (secondary N) is 1. The number of carbonyl (C=O) groups excluding carboxylic acids is 1. The van der Waals surface area contributed by atoms with E-state index in [1.165, 1.54) is 18.3 Å². The summed E-state index contributed by atoms with van der Waals surface area (Å²) < 4.78 is 18.3. The molecular formula is C17H16FN5O2. The van der Waals surface area contributed by atoms with Gasteiger partial charge < -0.3 is 9.42 Å². The fourth-order valence-electron chi connectivity index (χ4n) is 3.08. The summed E-state index contributed by atoms with van der Waals surface area (Å²) in [7, 11) is 0. The summed E-state index contributed by atoms with van der Waals surface area (Å²) in [6.45, 7) is 2.90. The number of hydrogen-bond acceptors (Lipinski definition) is 5. The van der Waals surface area contributed by atoms with E-state index in [0.717, 1.165) is 6.42 Å². The lowest BCUT2D eigenvalue weighted by molar-refractivity contribution is 0.0790. The van der Waals surface area contributed by atoms with Crippen LogP contribution in [-0.2, 0) is 0 Å². The molecule has 1 aromatic carbocycles. The number of nitrogens with zero attached hydrogens (tertiary/aromatic N) is 4. The quantitative estimate of drug-likeness (QED) is 0.791. The molecule has 0 unspecified atom stereocenters. The maximum absolute atomic E-state index is 13.1. The molecule has 0 aliphatic carbocycles. The first-order valence-corrected chi connectivity index (χ1v) is 8.00. The van der Waals surface area contributed by atoms with Crippen molar-refractivity contribution in [2.24, 2.45) is 0 Å². The molecule has 128 valence electrons. The van der Waals surface area contributed by atoms with E-state index in [-0.39, 0.29) is 17.6 Å². The Balaban J connectivity index is 1.54. The van der Waals surface area contributed by atoms with Gasteiger partial charge in [0.15, 0.2) is 5.82 Å². The van der Waals surface area contributed by atoms with Crippen molar-refractivity contribution in [3.63, 3.8) is 0 Å². The topological polar surface area (TPSA) is 87.9 Å². The summed E-state index contributed by atoms with van der Waals surface area (Å²) in [5.74, 6) is 0.762. The molecule has 0 bridgehead atoms. The molecule has 1 fully saturated rings. The number of H-pyrrole nitrogens is 1. The number of halogens is 1. The van der Waals surface area contributed by atoms with Crippen molar-refractivity contribution < 1.29 is 13.7 Å². The smallest absolute Gasteiger partial charge is 0.257 e. The zero-order valence-electron chi connectivity index (χ0n) is 13.6. The van der Waals surface area contributed by atoms with Gasteiger partial charge in [0.2, 0.25) is 5.89 Å². The number of hydrogen-bond donors (Lipinski definition) is 1. The Labute approximate surface area is 142 Å². The fourth-order valence-corrected chi connectivity index (χ4v) is 3.08. The van der Waals surface area contributed by atoms with E-state index in [9.17, 15) is 9.18 Å². The van der Waals surface area contributed by atoms with Crippen LogP contribution in [0.15, 0.2) is 35.0 Å². The van der Waals surface area contributed by atoms with Crippen LogP contribution in [0.2, 0.25) is 0 Å². The molecule has 0 spiro atoms. The lowest BCUT2D eigenvalue weighted by atomic mass is 10.1. The molecule has 2 aromatic heterocycles. The second-order valence-electron chi connectivity index (χ2n) is 6.08. The van der Waals surface area contributed by atoms with Gasteiger partial charge in [-0.1, -0.05) is 5.16 Å². The Morgan fingerprint density at radius 3 is 2.88 bits per heavy atom. The number of amides is 1. The Hall–Kier alpha value is -3.03. The van der Waals surface area contributed by atoms with Gasteiger partial charge in [0.25, 0.3) is 5.91 Å². The Morgan fingerprint density at radius 2 is 2.16 bits per heavy atom. The minimum atomic E-state index is -0.326. The maximum atomic E-state index is 13.1. The predicted octanol–water partition coefficient (Wildman–Crippen LogP) is 2.54. The predicted molar refractivity (Wildman–Crippen MR) is 86.3 cm³/mol. The summed E-state index contributed by atoms with van der Waals surface area (Å²) in [4.78, 5) is 18.9. The van der Waals surface area contributed by atoms with Crippen LogP contribution < -0.4 is 0 Å². The number of rotatable bonds is 3. The van der Waals surface area contributed by atoms with Crippen molar-refractivity contribution >= 4 is 5.91 Å².